The van der Waals surface area contributed by atoms with Gasteiger partial charge >= 0.3 is 0 Å². The van der Waals surface area contributed by atoms with Crippen LogP contribution < -0.4 is 0 Å². The third-order valence-corrected chi connectivity index (χ3v) is 0.757. The van der Waals surface area contributed by atoms with Crippen LogP contribution in [0.5, 0.6) is 0 Å². The molecular weight excluding hydrogens is 80.0 g/mol. The van der Waals surface area contributed by atoms with Crippen LogP contribution in [0.2, 0.25) is 0 Å². The Labute approximate surface area is 36.0 Å². The van der Waals surface area contributed by atoms with Gasteiger partial charge in [0.2, 0.25) is 0 Å². The van der Waals surface area contributed by atoms with Crippen molar-refractivity contribution in [1.82, 2.24) is 0 Å². The van der Waals surface area contributed by atoms with E-state index in [1.807, 2.05) is 0 Å². The lowest BCUT2D eigenvalue weighted by atomic mass is 10.3. The van der Waals surface area contributed by atoms with Gasteiger partial charge in [0.25, 0.3) is 0 Å². The lowest BCUT2D eigenvalue weighted by Gasteiger charge is -2.14. The molecule has 1 saturated heterocycles. The number of aliphatic hydroxyl groups excluding tert-OH is 1. The predicted octanol–water partition coefficient (Wildman–Crippen LogP) is 0.458. The van der Waals surface area contributed by atoms with Crippen LogP contribution >= 0.6 is 0 Å². The molecule has 1 aliphatic rings. The van der Waals surface area contributed by atoms with Crippen LogP contribution in [0, 0.1) is 0 Å². The second kappa shape index (κ2) is 1.30. The molecule has 0 aliphatic carbocycles. The molecule has 0 aromatic heterocycles. The molecule has 0 bridgehead atoms. The average molecular weight is 86.1 g/mol. The monoisotopic (exact) mass is 86.0 g/mol. The second-order valence-electron chi connectivity index (χ2n) is 1.28. The van der Waals surface area contributed by atoms with Gasteiger partial charge in [0.05, 0.1) is 19.5 Å². The maximum Gasteiger partial charge on any atom is 0.0829 e. The zero-order chi connectivity index (χ0) is 4.41. The predicted molar refractivity (Wildman–Crippen MR) is 21.5 cm³/mol. The minimum atomic E-state index is 0.622. The van der Waals surface area contributed by atoms with E-state index < -0.39 is 0 Å². The highest BCUT2D eigenvalue weighted by molar-refractivity contribution is 5.03. The Bertz CT molecular complexity index is 69.6. The molecule has 1 heterocycles. The van der Waals surface area contributed by atoms with Crippen molar-refractivity contribution in [2.24, 2.45) is 0 Å². The summed E-state index contributed by atoms with van der Waals surface area (Å²) < 4.78 is 4.70. The molecule has 34 valence electrons. The second-order valence-corrected chi connectivity index (χ2v) is 1.28. The number of aliphatic hydroxyl groups is 1. The van der Waals surface area contributed by atoms with E-state index in [0.717, 1.165) is 11.8 Å². The Morgan fingerprint density at radius 1 is 1.67 bits per heavy atom. The maximum absolute atomic E-state index is 8.14. The normalized spacial score (nSPS) is 19.7. The highest BCUT2D eigenvalue weighted by Crippen LogP contribution is 2.04. The van der Waals surface area contributed by atoms with Gasteiger partial charge in [0.1, 0.15) is 0 Å². The van der Waals surface area contributed by atoms with E-state index in [2.05, 4.69) is 0 Å². The van der Waals surface area contributed by atoms with Crippen molar-refractivity contribution in [3.8, 4) is 0 Å². The van der Waals surface area contributed by atoms with Crippen LogP contribution in [0.1, 0.15) is 0 Å². The van der Waals surface area contributed by atoms with Crippen LogP contribution in [0.4, 0.5) is 0 Å². The van der Waals surface area contributed by atoms with Crippen LogP contribution in [0.15, 0.2) is 11.8 Å². The van der Waals surface area contributed by atoms with E-state index >= 15 is 0 Å². The standard InChI is InChI=1S/C4H6O2/c5-1-4-2-6-3-4/h1,5H,2-3H2. The van der Waals surface area contributed by atoms with Crippen LogP contribution in [0.3, 0.4) is 0 Å². The molecule has 0 aromatic carbocycles. The SMILES string of the molecule is OC=C1COC1. The third-order valence-electron chi connectivity index (χ3n) is 0.757. The van der Waals surface area contributed by atoms with Crippen molar-refractivity contribution in [2.75, 3.05) is 13.2 Å². The van der Waals surface area contributed by atoms with E-state index in [1.54, 1.807) is 0 Å². The summed E-state index contributed by atoms with van der Waals surface area (Å²) in [5.74, 6) is 0. The van der Waals surface area contributed by atoms with Crippen molar-refractivity contribution in [3.05, 3.63) is 11.8 Å². The lowest BCUT2D eigenvalue weighted by molar-refractivity contribution is 0.0980. The molecule has 1 N–H and O–H groups in total. The molecule has 0 unspecified atom stereocenters. The van der Waals surface area contributed by atoms with Gasteiger partial charge in [0, 0.05) is 5.57 Å². The fourth-order valence-electron chi connectivity index (χ4n) is 0.294. The van der Waals surface area contributed by atoms with Gasteiger partial charge in [-0.25, -0.2) is 0 Å². The summed E-state index contributed by atoms with van der Waals surface area (Å²) in [7, 11) is 0. The van der Waals surface area contributed by atoms with E-state index in [-0.39, 0.29) is 0 Å². The van der Waals surface area contributed by atoms with Crippen molar-refractivity contribution < 1.29 is 9.84 Å². The Morgan fingerprint density at radius 3 is 2.33 bits per heavy atom. The Balaban J connectivity index is 2.34. The number of rotatable bonds is 0. The van der Waals surface area contributed by atoms with Crippen molar-refractivity contribution in [2.45, 2.75) is 0 Å². The zero-order valence-corrected chi connectivity index (χ0v) is 3.35. The quantitative estimate of drug-likeness (QED) is 0.434. The highest BCUT2D eigenvalue weighted by atomic mass is 16.5. The largest absolute Gasteiger partial charge is 0.515 e. The summed E-state index contributed by atoms with van der Waals surface area (Å²) in [6.07, 6.45) is 1.10. The van der Waals surface area contributed by atoms with E-state index in [0.29, 0.717) is 13.2 Å². The molecule has 0 spiro atoms. The minimum absolute atomic E-state index is 0.622. The molecule has 0 saturated carbocycles. The molecule has 0 aromatic rings. The first-order valence-corrected chi connectivity index (χ1v) is 1.83. The number of hydrogen-bond donors (Lipinski definition) is 1. The first-order valence-electron chi connectivity index (χ1n) is 1.83. The third kappa shape index (κ3) is 0.389. The summed E-state index contributed by atoms with van der Waals surface area (Å²) in [4.78, 5) is 0. The molecule has 0 radical (unpaired) electrons. The molecule has 1 aliphatic heterocycles. The van der Waals surface area contributed by atoms with Gasteiger partial charge in [-0.05, 0) is 0 Å². The topological polar surface area (TPSA) is 29.5 Å². The van der Waals surface area contributed by atoms with Gasteiger partial charge in [-0.1, -0.05) is 0 Å². The molecule has 2 nitrogen and oxygen atoms in total. The Morgan fingerprint density at radius 2 is 2.33 bits per heavy atom. The lowest BCUT2D eigenvalue weighted by Crippen LogP contribution is -2.15. The molecule has 1 fully saturated rings. The van der Waals surface area contributed by atoms with Crippen molar-refractivity contribution in [3.63, 3.8) is 0 Å². The van der Waals surface area contributed by atoms with Gasteiger partial charge < -0.3 is 9.84 Å². The average Bonchev–Trinajstić information content (AvgIpc) is 1.31. The molecule has 2 heteroatoms. The smallest absolute Gasteiger partial charge is 0.0829 e. The number of ether oxygens (including phenoxy) is 1. The molecular formula is C4H6O2. The van der Waals surface area contributed by atoms with Gasteiger partial charge in [-0.3, -0.25) is 0 Å². The van der Waals surface area contributed by atoms with E-state index in [4.69, 9.17) is 9.84 Å². The first-order chi connectivity index (χ1) is 2.93. The van der Waals surface area contributed by atoms with Crippen molar-refractivity contribution in [1.29, 1.82) is 0 Å². The fraction of sp³-hybridized carbons (Fsp3) is 0.500. The van der Waals surface area contributed by atoms with Gasteiger partial charge in [-0.2, -0.15) is 0 Å². The zero-order valence-electron chi connectivity index (χ0n) is 3.35. The van der Waals surface area contributed by atoms with Crippen LogP contribution in [-0.2, 0) is 4.74 Å². The molecule has 1 rings (SSSR count). The van der Waals surface area contributed by atoms with Crippen LogP contribution in [-0.4, -0.2) is 18.3 Å². The van der Waals surface area contributed by atoms with E-state index in [9.17, 15) is 0 Å². The first kappa shape index (κ1) is 3.68. The molecule has 0 atom stereocenters. The van der Waals surface area contributed by atoms with Gasteiger partial charge in [-0.15, -0.1) is 0 Å². The Kier molecular flexibility index (Phi) is 0.801. The van der Waals surface area contributed by atoms with Crippen LogP contribution in [0.25, 0.3) is 0 Å². The van der Waals surface area contributed by atoms with Gasteiger partial charge in [0.15, 0.2) is 0 Å². The van der Waals surface area contributed by atoms with E-state index in [1.165, 1.54) is 0 Å². The maximum atomic E-state index is 8.14. The molecule has 0 amide bonds. The fourth-order valence-corrected chi connectivity index (χ4v) is 0.294. The number of hydrogen-bond acceptors (Lipinski definition) is 2. The van der Waals surface area contributed by atoms with Crippen molar-refractivity contribution >= 4 is 0 Å². The summed E-state index contributed by atoms with van der Waals surface area (Å²) in [6.45, 7) is 1.24. The highest BCUT2D eigenvalue weighted by Gasteiger charge is 2.06. The minimum Gasteiger partial charge on any atom is -0.515 e. The summed E-state index contributed by atoms with van der Waals surface area (Å²) >= 11 is 0. The summed E-state index contributed by atoms with van der Waals surface area (Å²) in [5.41, 5.74) is 0.981. The summed E-state index contributed by atoms with van der Waals surface area (Å²) in [5, 5.41) is 8.14. The molecule has 6 heavy (non-hydrogen) atoms. The Hall–Kier alpha value is -0.500. The summed E-state index contributed by atoms with van der Waals surface area (Å²) in [6, 6.07) is 0.